The zero-order valence-corrected chi connectivity index (χ0v) is 18.4. The van der Waals surface area contributed by atoms with Crippen LogP contribution in [-0.4, -0.2) is 34.8 Å². The quantitative estimate of drug-likeness (QED) is 0.700. The van der Waals surface area contributed by atoms with Gasteiger partial charge in [-0.2, -0.15) is 4.99 Å². The molecule has 6 nitrogen and oxygen atoms in total. The van der Waals surface area contributed by atoms with Crippen LogP contribution in [0.25, 0.3) is 0 Å². The van der Waals surface area contributed by atoms with Crippen molar-refractivity contribution in [2.24, 2.45) is 10.9 Å². The lowest BCUT2D eigenvalue weighted by molar-refractivity contribution is -0.123. The fourth-order valence-electron chi connectivity index (χ4n) is 3.04. The summed E-state index contributed by atoms with van der Waals surface area (Å²) < 4.78 is 5.53. The molecule has 0 saturated carbocycles. The number of thiophene rings is 1. The van der Waals surface area contributed by atoms with Crippen LogP contribution in [0, 0.1) is 12.8 Å². The number of carbonyl (C=O) groups excluding carboxylic acids is 2. The van der Waals surface area contributed by atoms with E-state index in [1.807, 2.05) is 34.6 Å². The Morgan fingerprint density at radius 3 is 2.69 bits per heavy atom. The van der Waals surface area contributed by atoms with Gasteiger partial charge in [0.05, 0.1) is 12.2 Å². The summed E-state index contributed by atoms with van der Waals surface area (Å²) in [6.45, 7) is 10.1. The Morgan fingerprint density at radius 2 is 2.10 bits per heavy atom. The van der Waals surface area contributed by atoms with Crippen molar-refractivity contribution in [2.45, 2.75) is 53.0 Å². The summed E-state index contributed by atoms with van der Waals surface area (Å²) in [6.07, 6.45) is 3.12. The van der Waals surface area contributed by atoms with Gasteiger partial charge in [0.2, 0.25) is 0 Å². The molecule has 0 bridgehead atoms. The largest absolute Gasteiger partial charge is 0.462 e. The monoisotopic (exact) mass is 413 g/mol. The van der Waals surface area contributed by atoms with Crippen LogP contribution in [0.1, 0.15) is 59.8 Å². The van der Waals surface area contributed by atoms with Crippen molar-refractivity contribution in [1.29, 1.82) is 0 Å². The summed E-state index contributed by atoms with van der Waals surface area (Å²) >= 11 is 1.66. The molecule has 1 aliphatic heterocycles. The van der Waals surface area contributed by atoms with Crippen LogP contribution in [0.15, 0.2) is 28.7 Å². The molecule has 0 radical (unpaired) electrons. The van der Waals surface area contributed by atoms with Crippen LogP contribution in [-0.2, 0) is 22.4 Å². The first-order valence-electron chi connectivity index (χ1n) is 9.86. The van der Waals surface area contributed by atoms with Gasteiger partial charge >= 0.3 is 5.97 Å². The van der Waals surface area contributed by atoms with E-state index < -0.39 is 11.5 Å². The van der Waals surface area contributed by atoms with Crippen molar-refractivity contribution < 1.29 is 14.3 Å². The Labute approximate surface area is 175 Å². The topological polar surface area (TPSA) is 80.7 Å². The summed E-state index contributed by atoms with van der Waals surface area (Å²) in [5, 5.41) is 5.26. The molecule has 1 amide bonds. The van der Waals surface area contributed by atoms with Gasteiger partial charge in [-0.25, -0.2) is 4.79 Å². The number of aliphatic imine (C=N–C) groups is 1. The molecular formula is C22H27N3O3S. The fraction of sp³-hybridized carbons (Fsp3) is 0.455. The molecule has 1 atom stereocenters. The average molecular weight is 414 g/mol. The van der Waals surface area contributed by atoms with Crippen molar-refractivity contribution in [3.05, 3.63) is 51.0 Å². The van der Waals surface area contributed by atoms with Crippen molar-refractivity contribution in [3.63, 3.8) is 0 Å². The molecule has 0 fully saturated rings. The van der Waals surface area contributed by atoms with Gasteiger partial charge in [-0.1, -0.05) is 20.8 Å². The van der Waals surface area contributed by atoms with Gasteiger partial charge in [0.15, 0.2) is 5.84 Å². The SMILES string of the molecule is CCc1cnc(C2=NC(=O)C(C)(C(C)C)N2)c(C(=O)OCCc2cc(C)cs2)c1. The highest BCUT2D eigenvalue weighted by molar-refractivity contribution is 7.10. The summed E-state index contributed by atoms with van der Waals surface area (Å²) in [6, 6.07) is 3.87. The number of rotatable bonds is 7. The number of ether oxygens (including phenoxy) is 1. The minimum absolute atomic E-state index is 0.0378. The maximum Gasteiger partial charge on any atom is 0.340 e. The lowest BCUT2D eigenvalue weighted by atomic mass is 9.88. The van der Waals surface area contributed by atoms with E-state index in [1.165, 1.54) is 10.4 Å². The first-order chi connectivity index (χ1) is 13.7. The van der Waals surface area contributed by atoms with Gasteiger partial charge in [0.25, 0.3) is 5.91 Å². The minimum Gasteiger partial charge on any atom is -0.462 e. The zero-order valence-electron chi connectivity index (χ0n) is 17.5. The number of hydrogen-bond acceptors (Lipinski definition) is 6. The van der Waals surface area contributed by atoms with Crippen molar-refractivity contribution in [2.75, 3.05) is 6.61 Å². The highest BCUT2D eigenvalue weighted by Gasteiger charge is 2.43. The third-order valence-corrected chi connectivity index (χ3v) is 6.47. The van der Waals surface area contributed by atoms with E-state index in [-0.39, 0.29) is 18.4 Å². The molecular weight excluding hydrogens is 386 g/mol. The van der Waals surface area contributed by atoms with Crippen LogP contribution in [0.4, 0.5) is 0 Å². The number of nitrogens with zero attached hydrogens (tertiary/aromatic N) is 2. The van der Waals surface area contributed by atoms with Crippen LogP contribution in [0.3, 0.4) is 0 Å². The van der Waals surface area contributed by atoms with Crippen molar-refractivity contribution in [1.82, 2.24) is 10.3 Å². The molecule has 1 unspecified atom stereocenters. The summed E-state index contributed by atoms with van der Waals surface area (Å²) in [4.78, 5) is 35.1. The molecule has 0 spiro atoms. The molecule has 29 heavy (non-hydrogen) atoms. The van der Waals surface area contributed by atoms with Gasteiger partial charge in [0.1, 0.15) is 11.2 Å². The maximum atomic E-state index is 12.8. The first-order valence-corrected chi connectivity index (χ1v) is 10.7. The summed E-state index contributed by atoms with van der Waals surface area (Å²) in [5.41, 5.74) is 2.02. The molecule has 0 saturated heterocycles. The maximum absolute atomic E-state index is 12.8. The normalized spacial score (nSPS) is 18.7. The zero-order chi connectivity index (χ0) is 21.2. The van der Waals surface area contributed by atoms with Gasteiger partial charge < -0.3 is 10.1 Å². The van der Waals surface area contributed by atoms with Gasteiger partial charge in [-0.05, 0) is 54.8 Å². The summed E-state index contributed by atoms with van der Waals surface area (Å²) in [5.74, 6) is -0.340. The van der Waals surface area contributed by atoms with E-state index in [9.17, 15) is 9.59 Å². The summed E-state index contributed by atoms with van der Waals surface area (Å²) in [7, 11) is 0. The minimum atomic E-state index is -0.807. The number of pyridine rings is 1. The van der Waals surface area contributed by atoms with Crippen molar-refractivity contribution in [3.8, 4) is 0 Å². The highest BCUT2D eigenvalue weighted by Crippen LogP contribution is 2.25. The molecule has 1 aliphatic rings. The highest BCUT2D eigenvalue weighted by atomic mass is 32.1. The Kier molecular flexibility index (Phi) is 6.17. The van der Waals surface area contributed by atoms with E-state index in [4.69, 9.17) is 4.74 Å². The van der Waals surface area contributed by atoms with Gasteiger partial charge in [-0.3, -0.25) is 9.78 Å². The second-order valence-corrected chi connectivity index (χ2v) is 8.81. The van der Waals surface area contributed by atoms with Gasteiger partial charge in [-0.15, -0.1) is 11.3 Å². The predicted molar refractivity (Wildman–Crippen MR) is 115 cm³/mol. The first kappa shape index (κ1) is 21.2. The second-order valence-electron chi connectivity index (χ2n) is 7.82. The number of hydrogen-bond donors (Lipinski definition) is 1. The molecule has 0 aliphatic carbocycles. The number of nitrogens with one attached hydrogen (secondary N) is 1. The number of aromatic nitrogens is 1. The van der Waals surface area contributed by atoms with Crippen LogP contribution in [0.5, 0.6) is 0 Å². The molecule has 2 aromatic heterocycles. The standard InChI is InChI=1S/C22H27N3O3S/c1-6-15-10-17(20(26)28-8-7-16-9-14(4)12-29-16)18(23-11-15)19-24-21(27)22(5,25-19)13(2)3/h9-13H,6-8H2,1-5H3,(H,24,25,27). The number of carbonyl (C=O) groups is 2. The number of amides is 1. The van der Waals surface area contributed by atoms with Gasteiger partial charge in [0, 0.05) is 17.5 Å². The third-order valence-electron chi connectivity index (χ3n) is 5.35. The van der Waals surface area contributed by atoms with E-state index in [1.54, 1.807) is 23.6 Å². The van der Waals surface area contributed by atoms with E-state index in [2.05, 4.69) is 26.7 Å². The Bertz CT molecular complexity index is 964. The fourth-order valence-corrected chi connectivity index (χ4v) is 3.90. The van der Waals surface area contributed by atoms with E-state index in [0.29, 0.717) is 23.5 Å². The second kappa shape index (κ2) is 8.45. The predicted octanol–water partition coefficient (Wildman–Crippen LogP) is 3.70. The Morgan fingerprint density at radius 1 is 1.34 bits per heavy atom. The Balaban J connectivity index is 1.81. The molecule has 3 heterocycles. The molecule has 2 aromatic rings. The Hall–Kier alpha value is -2.54. The lowest BCUT2D eigenvalue weighted by Gasteiger charge is -2.27. The molecule has 1 N–H and O–H groups in total. The van der Waals surface area contributed by atoms with Crippen LogP contribution < -0.4 is 5.32 Å². The molecule has 7 heteroatoms. The van der Waals surface area contributed by atoms with Crippen LogP contribution >= 0.6 is 11.3 Å². The number of aryl methyl sites for hydroxylation is 2. The number of amidine groups is 1. The lowest BCUT2D eigenvalue weighted by Crippen LogP contribution is -2.50. The molecule has 3 rings (SSSR count). The van der Waals surface area contributed by atoms with E-state index >= 15 is 0 Å². The smallest absolute Gasteiger partial charge is 0.340 e. The molecule has 0 aromatic carbocycles. The van der Waals surface area contributed by atoms with E-state index in [0.717, 1.165) is 12.0 Å². The van der Waals surface area contributed by atoms with Crippen molar-refractivity contribution >= 4 is 29.0 Å². The van der Waals surface area contributed by atoms with Crippen LogP contribution in [0.2, 0.25) is 0 Å². The average Bonchev–Trinajstić information content (AvgIpc) is 3.24. The molecule has 154 valence electrons. The number of esters is 1. The third kappa shape index (κ3) is 4.40.